The molecule has 0 bridgehead atoms. The van der Waals surface area contributed by atoms with Gasteiger partial charge in [-0.1, -0.05) is 118 Å². The fraction of sp³-hybridized carbons (Fsp3) is 0.231. The first-order chi connectivity index (χ1) is 20.8. The Labute approximate surface area is 301 Å². The number of carbonyl (C=O) groups excluding carboxylic acids is 4. The summed E-state index contributed by atoms with van der Waals surface area (Å²) in [5.41, 5.74) is 0.630. The Morgan fingerprint density at radius 2 is 0.955 bits per heavy atom. The summed E-state index contributed by atoms with van der Waals surface area (Å²) in [6, 6.07) is 5.75. The zero-order valence-electron chi connectivity index (χ0n) is 22.0. The van der Waals surface area contributed by atoms with E-state index in [1.807, 2.05) is 0 Å². The molecule has 2 heterocycles. The van der Waals surface area contributed by atoms with Crippen LogP contribution in [0.15, 0.2) is 34.1 Å². The van der Waals surface area contributed by atoms with Crippen LogP contribution in [-0.2, 0) is 19.2 Å². The van der Waals surface area contributed by atoms with Gasteiger partial charge in [-0.25, -0.2) is 0 Å². The number of rotatable bonds is 10. The van der Waals surface area contributed by atoms with Crippen LogP contribution < -0.4 is 10.6 Å². The highest BCUT2D eigenvalue weighted by Crippen LogP contribution is 2.42. The van der Waals surface area contributed by atoms with Crippen LogP contribution in [0.1, 0.15) is 25.7 Å². The van der Waals surface area contributed by atoms with Crippen molar-refractivity contribution in [3.8, 4) is 0 Å². The molecule has 2 aromatic carbocycles. The Morgan fingerprint density at radius 1 is 0.614 bits per heavy atom. The molecule has 2 fully saturated rings. The lowest BCUT2D eigenvalue weighted by Gasteiger charge is -2.15. The minimum Gasteiger partial charge on any atom is -0.325 e. The maximum atomic E-state index is 13.2. The fourth-order valence-electron chi connectivity index (χ4n) is 3.91. The molecule has 4 amide bonds. The normalized spacial score (nSPS) is 16.8. The Hall–Kier alpha value is -1.32. The highest BCUT2D eigenvalue weighted by Gasteiger charge is 2.41. The number of thioether (sulfide) groups is 2. The molecule has 0 saturated carbocycles. The van der Waals surface area contributed by atoms with Crippen LogP contribution in [0.3, 0.4) is 0 Å². The molecule has 44 heavy (non-hydrogen) atoms. The third-order valence-electron chi connectivity index (χ3n) is 6.04. The number of halogens is 6. The summed E-state index contributed by atoms with van der Waals surface area (Å²) in [5, 5.41) is 6.80. The van der Waals surface area contributed by atoms with Crippen molar-refractivity contribution in [3.05, 3.63) is 64.2 Å². The van der Waals surface area contributed by atoms with Gasteiger partial charge in [0.15, 0.2) is 0 Å². The zero-order valence-corrected chi connectivity index (χ0v) is 29.8. The molecule has 2 N–H and O–H groups in total. The molecule has 4 rings (SSSR count). The van der Waals surface area contributed by atoms with Crippen LogP contribution in [0, 0.1) is 0 Å². The van der Waals surface area contributed by atoms with Gasteiger partial charge in [0.1, 0.15) is 8.64 Å². The summed E-state index contributed by atoms with van der Waals surface area (Å²) in [6.07, 6.45) is 0.716. The van der Waals surface area contributed by atoms with E-state index >= 15 is 0 Å². The van der Waals surface area contributed by atoms with Crippen molar-refractivity contribution in [2.24, 2.45) is 0 Å². The number of hydrogen-bond donors (Lipinski definition) is 2. The van der Waals surface area contributed by atoms with Crippen molar-refractivity contribution in [1.82, 2.24) is 9.80 Å². The van der Waals surface area contributed by atoms with E-state index in [9.17, 15) is 19.2 Å². The number of amides is 4. The van der Waals surface area contributed by atoms with Gasteiger partial charge in [0.25, 0.3) is 11.8 Å². The van der Waals surface area contributed by atoms with Crippen molar-refractivity contribution >= 4 is 161 Å². The summed E-state index contributed by atoms with van der Waals surface area (Å²) >= 11 is 48.8. The summed E-state index contributed by atoms with van der Waals surface area (Å²) in [7, 11) is 0. The number of carbonyl (C=O) groups is 4. The summed E-state index contributed by atoms with van der Waals surface area (Å²) in [5.74, 6) is -1.56. The first-order valence-corrected chi connectivity index (χ1v) is 17.2. The summed E-state index contributed by atoms with van der Waals surface area (Å²) < 4.78 is 0.529. The lowest BCUT2D eigenvalue weighted by molar-refractivity contribution is -0.124. The maximum Gasteiger partial charge on any atom is 0.267 e. The van der Waals surface area contributed by atoms with E-state index in [-0.39, 0.29) is 86.3 Å². The second-order valence-corrected chi connectivity index (χ2v) is 14.8. The van der Waals surface area contributed by atoms with Gasteiger partial charge in [-0.15, -0.1) is 0 Å². The molecule has 2 saturated heterocycles. The first kappa shape index (κ1) is 35.5. The molecule has 2 aliphatic heterocycles. The van der Waals surface area contributed by atoms with E-state index in [0.717, 1.165) is 23.5 Å². The second-order valence-electron chi connectivity index (χ2n) is 9.10. The molecular formula is C26H18Cl6N4O4S4. The lowest BCUT2D eigenvalue weighted by atomic mass is 10.2. The van der Waals surface area contributed by atoms with Gasteiger partial charge in [-0.05, 0) is 37.1 Å². The smallest absolute Gasteiger partial charge is 0.267 e. The van der Waals surface area contributed by atoms with E-state index in [1.165, 1.54) is 34.1 Å². The standard InChI is InChI=1S/C26H18Cl6N4O4S4/c27-11-7-15(31)17(9-13(11)29)33-19(37)3-1-5-35-23(39)21(43-25(35)41)22-24(40)36(26(42)44-22)6-2-4-20(38)34-18-10-14(30)12(28)8-16(18)32/h7-10H,1-6H2,(H,33,37)(H,34,38)/b22-21+. The highest BCUT2D eigenvalue weighted by molar-refractivity contribution is 8.29. The van der Waals surface area contributed by atoms with Gasteiger partial charge in [0.2, 0.25) is 11.8 Å². The van der Waals surface area contributed by atoms with Gasteiger partial charge in [-0.3, -0.25) is 29.0 Å². The molecule has 0 radical (unpaired) electrons. The molecule has 0 atom stereocenters. The Balaban J connectivity index is 1.29. The molecule has 8 nitrogen and oxygen atoms in total. The lowest BCUT2D eigenvalue weighted by Crippen LogP contribution is -2.31. The summed E-state index contributed by atoms with van der Waals surface area (Å²) in [4.78, 5) is 54.3. The third-order valence-corrected chi connectivity index (χ3v) is 11.1. The van der Waals surface area contributed by atoms with E-state index in [2.05, 4.69) is 10.6 Å². The monoisotopic (exact) mass is 788 g/mol. The quantitative estimate of drug-likeness (QED) is 0.140. The van der Waals surface area contributed by atoms with E-state index < -0.39 is 11.8 Å². The number of nitrogens with one attached hydrogen (secondary N) is 2. The Kier molecular flexibility index (Phi) is 12.5. The van der Waals surface area contributed by atoms with Crippen LogP contribution in [0.25, 0.3) is 0 Å². The molecule has 232 valence electrons. The number of benzene rings is 2. The molecular weight excluding hydrogens is 773 g/mol. The molecule has 2 aliphatic rings. The molecule has 2 aromatic rings. The van der Waals surface area contributed by atoms with Crippen LogP contribution >= 0.6 is 118 Å². The Bertz CT molecular complexity index is 1520. The van der Waals surface area contributed by atoms with Gasteiger partial charge >= 0.3 is 0 Å². The molecule has 0 aliphatic carbocycles. The SMILES string of the molecule is O=C(CCCN1C(=O)/C(=C2\SC(=S)N(CCCC(=O)Nc3cc(Cl)c(Cl)cc3Cl)C2=O)SC1=S)Nc1cc(Cl)c(Cl)cc1Cl. The fourth-order valence-corrected chi connectivity index (χ4v) is 7.87. The van der Waals surface area contributed by atoms with E-state index in [1.54, 1.807) is 0 Å². The minimum atomic E-state index is -0.439. The Morgan fingerprint density at radius 3 is 1.32 bits per heavy atom. The maximum absolute atomic E-state index is 13.2. The van der Waals surface area contributed by atoms with Gasteiger partial charge in [0.05, 0.1) is 51.3 Å². The van der Waals surface area contributed by atoms with Crippen LogP contribution in [-0.4, -0.2) is 55.2 Å². The number of anilines is 2. The van der Waals surface area contributed by atoms with E-state index in [0.29, 0.717) is 24.2 Å². The average Bonchev–Trinajstić information content (AvgIpc) is 3.39. The zero-order chi connectivity index (χ0) is 32.3. The van der Waals surface area contributed by atoms with Gasteiger partial charge < -0.3 is 10.6 Å². The average molecular weight is 791 g/mol. The second kappa shape index (κ2) is 15.5. The van der Waals surface area contributed by atoms with E-state index in [4.69, 9.17) is 94.0 Å². The van der Waals surface area contributed by atoms with Crippen LogP contribution in [0.2, 0.25) is 30.1 Å². The molecule has 0 aromatic heterocycles. The van der Waals surface area contributed by atoms with Crippen LogP contribution in [0.4, 0.5) is 11.4 Å². The first-order valence-electron chi connectivity index (χ1n) is 12.5. The van der Waals surface area contributed by atoms with Gasteiger partial charge in [0, 0.05) is 25.9 Å². The molecule has 18 heteroatoms. The largest absolute Gasteiger partial charge is 0.325 e. The summed E-state index contributed by atoms with van der Waals surface area (Å²) in [6.45, 7) is 0.323. The van der Waals surface area contributed by atoms with Crippen molar-refractivity contribution in [3.63, 3.8) is 0 Å². The topological polar surface area (TPSA) is 98.8 Å². The van der Waals surface area contributed by atoms with Crippen molar-refractivity contribution in [2.45, 2.75) is 25.7 Å². The predicted molar refractivity (Wildman–Crippen MR) is 190 cm³/mol. The number of nitrogens with zero attached hydrogens (tertiary/aromatic N) is 2. The predicted octanol–water partition coefficient (Wildman–Crippen LogP) is 8.68. The van der Waals surface area contributed by atoms with Crippen molar-refractivity contribution in [1.29, 1.82) is 0 Å². The number of hydrogen-bond acceptors (Lipinski definition) is 8. The van der Waals surface area contributed by atoms with Gasteiger partial charge in [-0.2, -0.15) is 0 Å². The van der Waals surface area contributed by atoms with Crippen molar-refractivity contribution < 1.29 is 19.2 Å². The number of thiocarbonyl (C=S) groups is 2. The molecule has 0 unspecified atom stereocenters. The third kappa shape index (κ3) is 8.52. The minimum absolute atomic E-state index is 0.0654. The molecule has 0 spiro atoms. The van der Waals surface area contributed by atoms with Crippen molar-refractivity contribution in [2.75, 3.05) is 23.7 Å². The van der Waals surface area contributed by atoms with Crippen LogP contribution in [0.5, 0.6) is 0 Å². The highest BCUT2D eigenvalue weighted by atomic mass is 35.5.